The van der Waals surface area contributed by atoms with Crippen LogP contribution in [0.25, 0.3) is 0 Å². The van der Waals surface area contributed by atoms with Crippen molar-refractivity contribution in [3.8, 4) is 6.07 Å². The highest BCUT2D eigenvalue weighted by molar-refractivity contribution is 6.56. The average Bonchev–Trinajstić information content (AvgIpc) is 2.19. The van der Waals surface area contributed by atoms with Crippen LogP contribution in [0.3, 0.4) is 0 Å². The third-order valence-electron chi connectivity index (χ3n) is 2.34. The van der Waals surface area contributed by atoms with E-state index in [-0.39, 0.29) is 0 Å². The van der Waals surface area contributed by atoms with Gasteiger partial charge in [-0.3, -0.25) is 0 Å². The van der Waals surface area contributed by atoms with E-state index in [1.54, 1.807) is 0 Å². The van der Waals surface area contributed by atoms with Crippen molar-refractivity contribution in [3.63, 3.8) is 0 Å². The van der Waals surface area contributed by atoms with Gasteiger partial charge in [0.1, 0.15) is 0 Å². The van der Waals surface area contributed by atoms with Crippen LogP contribution in [-0.4, -0.2) is 6.85 Å². The molecule has 0 aliphatic rings. The minimum Gasteiger partial charge on any atom is -0.430 e. The van der Waals surface area contributed by atoms with Crippen molar-refractivity contribution in [2.45, 2.75) is 46.8 Å². The molecule has 0 rings (SSSR count). The van der Waals surface area contributed by atoms with Crippen molar-refractivity contribution in [2.24, 2.45) is 0 Å². The number of nitriles is 1. The Hall–Kier alpha value is -0.905. The van der Waals surface area contributed by atoms with E-state index in [1.807, 2.05) is 6.92 Å². The second-order valence-corrected chi connectivity index (χ2v) is 3.23. The van der Waals surface area contributed by atoms with E-state index in [0.717, 1.165) is 30.3 Å². The van der Waals surface area contributed by atoms with Gasteiger partial charge in [-0.25, -0.2) is 0 Å². The summed E-state index contributed by atoms with van der Waals surface area (Å²) in [7, 11) is 0. The molecule has 0 aromatic rings. The monoisotopic (exact) mass is 178 g/mol. The number of hydrogen-bond donors (Lipinski definition) is 1. The van der Waals surface area contributed by atoms with Crippen molar-refractivity contribution >= 4 is 6.85 Å². The topological polar surface area (TPSA) is 35.8 Å². The Morgan fingerprint density at radius 3 is 2.15 bits per heavy atom. The Bertz CT molecular complexity index is 211. The third-order valence-corrected chi connectivity index (χ3v) is 2.34. The molecule has 0 atom stereocenters. The van der Waals surface area contributed by atoms with Gasteiger partial charge in [0, 0.05) is 11.3 Å². The summed E-state index contributed by atoms with van der Waals surface area (Å²) in [6.07, 6.45) is 3.13. The van der Waals surface area contributed by atoms with Gasteiger partial charge in [-0.05, 0) is 13.3 Å². The average molecular weight is 178 g/mol. The van der Waals surface area contributed by atoms with E-state index in [1.165, 1.54) is 0 Å². The summed E-state index contributed by atoms with van der Waals surface area (Å²) in [5, 5.41) is 12.2. The van der Waals surface area contributed by atoms with Crippen LogP contribution in [-0.2, 0) is 0 Å². The fraction of sp³-hybridized carbons (Fsp3) is 0.700. The molecule has 2 nitrogen and oxygen atoms in total. The first-order valence-corrected chi connectivity index (χ1v) is 5.05. The molecule has 0 aliphatic carbocycles. The van der Waals surface area contributed by atoms with Gasteiger partial charge in [0.15, 0.2) is 0 Å². The van der Waals surface area contributed by atoms with Crippen molar-refractivity contribution < 1.29 is 0 Å². The van der Waals surface area contributed by atoms with Gasteiger partial charge in [-0.2, -0.15) is 5.26 Å². The molecular weight excluding hydrogens is 159 g/mol. The molecule has 1 N–H and O–H groups in total. The molecule has 0 aromatic heterocycles. The van der Waals surface area contributed by atoms with Crippen LogP contribution >= 0.6 is 0 Å². The molecule has 0 fully saturated rings. The van der Waals surface area contributed by atoms with Crippen LogP contribution in [0.2, 0.25) is 12.6 Å². The molecule has 0 aromatic carbocycles. The lowest BCUT2D eigenvalue weighted by Gasteiger charge is -2.15. The van der Waals surface area contributed by atoms with E-state index in [9.17, 15) is 0 Å². The summed E-state index contributed by atoms with van der Waals surface area (Å²) in [5.74, 6) is 0. The van der Waals surface area contributed by atoms with Gasteiger partial charge < -0.3 is 5.23 Å². The number of hydrogen-bond acceptors (Lipinski definition) is 2. The lowest BCUT2D eigenvalue weighted by Crippen LogP contribution is -2.31. The molecular formula is C10H19BN2. The minimum absolute atomic E-state index is 0.512. The maximum Gasteiger partial charge on any atom is 0.250 e. The quantitative estimate of drug-likeness (QED) is 0.519. The molecule has 0 saturated heterocycles. The highest BCUT2D eigenvalue weighted by Gasteiger charge is 2.10. The van der Waals surface area contributed by atoms with E-state index >= 15 is 0 Å². The van der Waals surface area contributed by atoms with Crippen LogP contribution in [0, 0.1) is 11.3 Å². The Labute approximate surface area is 82.1 Å². The molecule has 0 spiro atoms. The van der Waals surface area contributed by atoms with Crippen LogP contribution in [0.15, 0.2) is 11.3 Å². The van der Waals surface area contributed by atoms with Crippen molar-refractivity contribution in [2.75, 3.05) is 0 Å². The predicted molar refractivity (Wildman–Crippen MR) is 58.5 cm³/mol. The van der Waals surface area contributed by atoms with E-state index < -0.39 is 0 Å². The number of rotatable bonds is 5. The third kappa shape index (κ3) is 4.03. The standard InChI is InChI=1S/C10H19BN2/c1-5-10(9(4)8-12)13-11(6-2)7-3/h13H,5-7H2,1-4H3/b10-9-. The summed E-state index contributed by atoms with van der Waals surface area (Å²) in [6.45, 7) is 8.78. The number of nitrogens with one attached hydrogen (secondary N) is 1. The van der Waals surface area contributed by atoms with Gasteiger partial charge in [-0.15, -0.1) is 0 Å². The summed E-state index contributed by atoms with van der Waals surface area (Å²) in [6, 6.07) is 2.19. The fourth-order valence-corrected chi connectivity index (χ4v) is 1.28. The Kier molecular flexibility index (Phi) is 6.13. The van der Waals surface area contributed by atoms with Crippen LogP contribution in [0.1, 0.15) is 34.1 Å². The molecule has 0 aliphatic heterocycles. The maximum absolute atomic E-state index is 8.75. The zero-order valence-electron chi connectivity index (χ0n) is 9.15. The maximum atomic E-state index is 8.75. The summed E-state index contributed by atoms with van der Waals surface area (Å²) in [5.41, 5.74) is 1.91. The lowest BCUT2D eigenvalue weighted by molar-refractivity contribution is 0.953. The number of nitrogens with zero attached hydrogens (tertiary/aromatic N) is 1. The van der Waals surface area contributed by atoms with Crippen molar-refractivity contribution in [3.05, 3.63) is 11.3 Å². The number of allylic oxidation sites excluding steroid dienone is 2. The van der Waals surface area contributed by atoms with Gasteiger partial charge in [-0.1, -0.05) is 33.4 Å². The second kappa shape index (κ2) is 6.59. The van der Waals surface area contributed by atoms with E-state index in [0.29, 0.717) is 6.85 Å². The first-order chi connectivity index (χ1) is 6.19. The molecule has 0 unspecified atom stereocenters. The van der Waals surface area contributed by atoms with Gasteiger partial charge in [0.25, 0.3) is 6.85 Å². The first kappa shape index (κ1) is 12.1. The molecule has 0 radical (unpaired) electrons. The largest absolute Gasteiger partial charge is 0.430 e. The van der Waals surface area contributed by atoms with E-state index in [2.05, 4.69) is 32.1 Å². The van der Waals surface area contributed by atoms with Gasteiger partial charge >= 0.3 is 0 Å². The smallest absolute Gasteiger partial charge is 0.250 e. The van der Waals surface area contributed by atoms with Gasteiger partial charge in [0.05, 0.1) is 6.07 Å². The first-order valence-electron chi connectivity index (χ1n) is 5.05. The Morgan fingerprint density at radius 1 is 1.31 bits per heavy atom. The summed E-state index contributed by atoms with van der Waals surface area (Å²) >= 11 is 0. The van der Waals surface area contributed by atoms with E-state index in [4.69, 9.17) is 5.26 Å². The Balaban J connectivity index is 4.38. The lowest BCUT2D eigenvalue weighted by atomic mass is 9.57. The van der Waals surface area contributed by atoms with Gasteiger partial charge in [0.2, 0.25) is 0 Å². The molecule has 0 saturated carbocycles. The molecule has 0 amide bonds. The second-order valence-electron chi connectivity index (χ2n) is 3.23. The highest BCUT2D eigenvalue weighted by atomic mass is 14.8. The van der Waals surface area contributed by atoms with Crippen molar-refractivity contribution in [1.82, 2.24) is 5.23 Å². The van der Waals surface area contributed by atoms with Crippen molar-refractivity contribution in [1.29, 1.82) is 5.26 Å². The predicted octanol–water partition coefficient (Wildman–Crippen LogP) is 2.81. The van der Waals surface area contributed by atoms with Crippen LogP contribution in [0.4, 0.5) is 0 Å². The van der Waals surface area contributed by atoms with Crippen LogP contribution < -0.4 is 5.23 Å². The zero-order chi connectivity index (χ0) is 10.3. The highest BCUT2D eigenvalue weighted by Crippen LogP contribution is 2.06. The Morgan fingerprint density at radius 2 is 1.85 bits per heavy atom. The zero-order valence-corrected chi connectivity index (χ0v) is 9.15. The molecule has 13 heavy (non-hydrogen) atoms. The summed E-state index contributed by atoms with van der Waals surface area (Å²) in [4.78, 5) is 0. The SMILES string of the molecule is CCB(CC)N/C(CC)=C(/C)C#N. The normalized spacial score (nSPS) is 11.6. The molecule has 0 heterocycles. The summed E-state index contributed by atoms with van der Waals surface area (Å²) < 4.78 is 0. The molecule has 0 bridgehead atoms. The fourth-order valence-electron chi connectivity index (χ4n) is 1.28. The minimum atomic E-state index is 0.512. The molecule has 72 valence electrons. The molecule has 3 heteroatoms. The van der Waals surface area contributed by atoms with Crippen LogP contribution in [0.5, 0.6) is 0 Å².